The molecule has 0 aliphatic rings. The third kappa shape index (κ3) is 114. The Hall–Kier alpha value is 1.36. The Morgan fingerprint density at radius 3 is 1.43 bits per heavy atom. The predicted molar refractivity (Wildman–Crippen MR) is 27.4 cm³/mol. The molecule has 3 heteroatoms. The van der Waals surface area contributed by atoms with Gasteiger partial charge in [0.15, 0.2) is 0 Å². The molecule has 0 saturated carbocycles. The van der Waals surface area contributed by atoms with Crippen LogP contribution in [0.4, 0.5) is 0 Å². The smallest absolute Gasteiger partial charge is 0.0402 e. The number of rotatable bonds is 0. The van der Waals surface area contributed by atoms with E-state index in [4.69, 9.17) is 5.11 Å². The molecule has 0 aliphatic carbocycles. The molecule has 0 aromatic heterocycles. The van der Waals surface area contributed by atoms with E-state index >= 15 is 0 Å². The average molecular weight is 320 g/mol. The van der Waals surface area contributed by atoms with Gasteiger partial charge in [-0.3, -0.25) is 0 Å². The van der Waals surface area contributed by atoms with Gasteiger partial charge in [-0.25, -0.2) is 0 Å². The molecule has 0 fully saturated rings. The van der Waals surface area contributed by atoms with Crippen LogP contribution >= 0.6 is 0 Å². The minimum atomic E-state index is 0. The van der Waals surface area contributed by atoms with Crippen LogP contribution in [0.1, 0.15) is 13.8 Å². The fourth-order valence-corrected chi connectivity index (χ4v) is 0. The molecule has 0 bridgehead atoms. The van der Waals surface area contributed by atoms with Crippen molar-refractivity contribution < 1.29 is 54.6 Å². The van der Waals surface area contributed by atoms with Crippen LogP contribution in [0.25, 0.3) is 0 Å². The molecule has 0 aromatic carbocycles. The zero-order chi connectivity index (χ0) is 4.71. The van der Waals surface area contributed by atoms with Gasteiger partial charge in [0.2, 0.25) is 0 Å². The molecule has 0 spiro atoms. The van der Waals surface area contributed by atoms with E-state index in [9.17, 15) is 0 Å². The second-order valence-corrected chi connectivity index (χ2v) is 0.316. The fraction of sp³-hybridized carbons (Fsp3) is 0.750. The van der Waals surface area contributed by atoms with Crippen molar-refractivity contribution in [2.45, 2.75) is 13.8 Å². The molecule has 45 valence electrons. The summed E-state index contributed by atoms with van der Waals surface area (Å²) in [6.07, 6.45) is 0. The Balaban J connectivity index is -0.0000000105. The third-order valence-electron chi connectivity index (χ3n) is 0. The maximum absolute atomic E-state index is 7.57. The minimum absolute atomic E-state index is 0. The number of hydrogen-bond donors (Lipinski definition) is 1. The Morgan fingerprint density at radius 1 is 1.43 bits per heavy atom. The molecule has 0 rings (SSSR count). The molecule has 0 aromatic rings. The average Bonchev–Trinajstić information content (AvgIpc) is 1.46. The fourth-order valence-electron chi connectivity index (χ4n) is 0. The van der Waals surface area contributed by atoms with E-state index in [-0.39, 0.29) is 56.1 Å². The topological polar surface area (TPSA) is 51.7 Å². The second kappa shape index (κ2) is 53.4. The van der Waals surface area contributed by atoms with Crippen molar-refractivity contribution in [1.82, 2.24) is 0 Å². The summed E-state index contributed by atoms with van der Waals surface area (Å²) in [6.45, 7) is 6.93. The first-order valence-corrected chi connectivity index (χ1v) is 1.73. The van der Waals surface area contributed by atoms with Crippen LogP contribution in [-0.4, -0.2) is 17.2 Å². The van der Waals surface area contributed by atoms with E-state index in [0.29, 0.717) is 0 Å². The largest absolute Gasteiger partial charge is 0.412 e. The van der Waals surface area contributed by atoms with Gasteiger partial charge in [0, 0.05) is 50.7 Å². The van der Waals surface area contributed by atoms with Crippen LogP contribution in [0.3, 0.4) is 0 Å². The second-order valence-electron chi connectivity index (χ2n) is 0.316. The van der Waals surface area contributed by atoms with E-state index in [2.05, 4.69) is 6.92 Å². The Kier molecular flexibility index (Phi) is 182. The van der Waals surface area contributed by atoms with E-state index < -0.39 is 0 Å². The van der Waals surface area contributed by atoms with Crippen molar-refractivity contribution >= 4 is 0 Å². The minimum Gasteiger partial charge on any atom is -0.412 e. The molecule has 3 N–H and O–H groups in total. The van der Waals surface area contributed by atoms with Crippen molar-refractivity contribution in [2.75, 3.05) is 6.61 Å². The summed E-state index contributed by atoms with van der Waals surface area (Å²) < 4.78 is 0. The Morgan fingerprint density at radius 2 is 1.43 bits per heavy atom. The molecule has 1 radical (unpaired) electrons. The van der Waals surface area contributed by atoms with Gasteiger partial charge in [-0.15, -0.1) is 0 Å². The van der Waals surface area contributed by atoms with E-state index in [1.54, 1.807) is 13.8 Å². The van der Waals surface area contributed by atoms with Crippen LogP contribution < -0.4 is 0 Å². The van der Waals surface area contributed by atoms with Crippen molar-refractivity contribution in [3.63, 3.8) is 0 Å². The molecule has 0 saturated heterocycles. The molecular weight excluding hydrogens is 307 g/mol. The maximum atomic E-state index is 7.57. The Labute approximate surface area is 81.2 Å². The van der Waals surface area contributed by atoms with Crippen LogP contribution in [0.2, 0.25) is 0 Å². The summed E-state index contributed by atoms with van der Waals surface area (Å²) in [5, 5.41) is 7.57. The maximum Gasteiger partial charge on any atom is 0.0402 e. The molecule has 0 heterocycles. The van der Waals surface area contributed by atoms with Gasteiger partial charge < -0.3 is 17.5 Å². The van der Waals surface area contributed by atoms with Crippen LogP contribution in [-0.2, 0) is 0 Å². The molecule has 0 aliphatic heterocycles. The molecule has 7 heavy (non-hydrogen) atoms. The van der Waals surface area contributed by atoms with Crippen molar-refractivity contribution in [3.05, 3.63) is 6.92 Å². The van der Waals surface area contributed by atoms with Gasteiger partial charge >= 0.3 is 0 Å². The summed E-state index contributed by atoms with van der Waals surface area (Å²) in [5.74, 6) is 0. The van der Waals surface area contributed by atoms with Crippen LogP contribution in [0.5, 0.6) is 0 Å². The summed E-state index contributed by atoms with van der Waals surface area (Å²) in [4.78, 5) is 0. The van der Waals surface area contributed by atoms with E-state index in [1.807, 2.05) is 0 Å². The summed E-state index contributed by atoms with van der Waals surface area (Å²) >= 11 is 0. The third-order valence-corrected chi connectivity index (χ3v) is 0. The standard InChI is InChI=1S/C2H6O.C2H5.Ac.H2O/c1-2-3;1-2;;/h3H,2H2,1H3;1H2,2H3;;1H2/q;-1;;. The van der Waals surface area contributed by atoms with Gasteiger partial charge in [0.1, 0.15) is 0 Å². The van der Waals surface area contributed by atoms with Gasteiger partial charge in [-0.05, 0) is 6.92 Å². The predicted octanol–water partition coefficient (Wildman–Crippen LogP) is 0.0143. The first-order valence-electron chi connectivity index (χ1n) is 1.73. The van der Waals surface area contributed by atoms with E-state index in [0.717, 1.165) is 0 Å². The zero-order valence-electron chi connectivity index (χ0n) is 4.94. The molecule has 0 unspecified atom stereocenters. The van der Waals surface area contributed by atoms with Crippen LogP contribution in [0.15, 0.2) is 0 Å². The van der Waals surface area contributed by atoms with E-state index in [1.165, 1.54) is 0 Å². The first-order chi connectivity index (χ1) is 2.41. The summed E-state index contributed by atoms with van der Waals surface area (Å²) in [6, 6.07) is 0. The van der Waals surface area contributed by atoms with Gasteiger partial charge in [-0.2, -0.15) is 6.92 Å². The molecule has 0 amide bonds. The molecular formula is C4H13AcO2-. The SMILES string of the molecule is CCO.O.[Ac].[CH2-]C. The van der Waals surface area contributed by atoms with Crippen molar-refractivity contribution in [3.8, 4) is 0 Å². The van der Waals surface area contributed by atoms with Gasteiger partial charge in [0.05, 0.1) is 0 Å². The Bertz CT molecular complexity index is 9.65. The van der Waals surface area contributed by atoms with Crippen LogP contribution in [0, 0.1) is 51.0 Å². The van der Waals surface area contributed by atoms with Gasteiger partial charge in [-0.1, -0.05) is 0 Å². The molecule has 0 atom stereocenters. The molecule has 2 nitrogen and oxygen atoms in total. The quantitative estimate of drug-likeness (QED) is 0.629. The normalized spacial score (nSPS) is 3.43. The van der Waals surface area contributed by atoms with Crippen molar-refractivity contribution in [2.24, 2.45) is 0 Å². The van der Waals surface area contributed by atoms with Gasteiger partial charge in [0.25, 0.3) is 0 Å². The summed E-state index contributed by atoms with van der Waals surface area (Å²) in [7, 11) is 0. The number of aliphatic hydroxyl groups excluding tert-OH is 1. The number of aliphatic hydroxyl groups is 1. The monoisotopic (exact) mass is 320 g/mol. The zero-order valence-corrected chi connectivity index (χ0v) is 9.68. The number of hydrogen-bond acceptors (Lipinski definition) is 1. The van der Waals surface area contributed by atoms with Crippen molar-refractivity contribution in [1.29, 1.82) is 0 Å². The first kappa shape index (κ1) is 23.8. The summed E-state index contributed by atoms with van der Waals surface area (Å²) in [5.41, 5.74) is 0.